The van der Waals surface area contributed by atoms with Crippen LogP contribution in [0.1, 0.15) is 31.4 Å². The minimum absolute atomic E-state index is 0.247. The summed E-state index contributed by atoms with van der Waals surface area (Å²) in [5, 5.41) is 9.78. The molecule has 106 valence electrons. The fourth-order valence-electron chi connectivity index (χ4n) is 2.76. The lowest BCUT2D eigenvalue weighted by atomic mass is 9.96. The Labute approximate surface area is 114 Å². The maximum atomic E-state index is 14.1. The maximum Gasteiger partial charge on any atom is 0.146 e. The number of anilines is 1. The van der Waals surface area contributed by atoms with Crippen LogP contribution in [0, 0.1) is 11.7 Å². The Morgan fingerprint density at radius 1 is 1.42 bits per heavy atom. The Bertz CT molecular complexity index is 415. The highest BCUT2D eigenvalue weighted by atomic mass is 19.1. The van der Waals surface area contributed by atoms with Crippen molar-refractivity contribution in [1.29, 1.82) is 0 Å². The Hall–Kier alpha value is -1.13. The lowest BCUT2D eigenvalue weighted by Gasteiger charge is -2.35. The summed E-state index contributed by atoms with van der Waals surface area (Å²) in [6.45, 7) is 4.08. The second-order valence-electron chi connectivity index (χ2n) is 5.24. The van der Waals surface area contributed by atoms with Crippen molar-refractivity contribution in [2.75, 3.05) is 31.7 Å². The number of aliphatic hydroxyl groups is 1. The normalized spacial score (nSPS) is 18.6. The molecule has 0 amide bonds. The number of halogens is 1. The van der Waals surface area contributed by atoms with Gasteiger partial charge in [0, 0.05) is 32.4 Å². The highest BCUT2D eigenvalue weighted by molar-refractivity contribution is 5.56. The first-order valence-electron chi connectivity index (χ1n) is 6.83. The predicted octanol–water partition coefficient (Wildman–Crippen LogP) is 2.74. The number of hydrogen-bond acceptors (Lipinski definition) is 3. The summed E-state index contributed by atoms with van der Waals surface area (Å²) in [4.78, 5) is 2.05. The van der Waals surface area contributed by atoms with Crippen molar-refractivity contribution in [2.24, 2.45) is 5.92 Å². The lowest BCUT2D eigenvalue weighted by Crippen LogP contribution is -2.36. The van der Waals surface area contributed by atoms with Crippen LogP contribution in [0.5, 0.6) is 0 Å². The van der Waals surface area contributed by atoms with Crippen LogP contribution < -0.4 is 4.90 Å². The van der Waals surface area contributed by atoms with E-state index < -0.39 is 6.10 Å². The Morgan fingerprint density at radius 3 is 2.68 bits per heavy atom. The first kappa shape index (κ1) is 14.3. The number of nitrogens with zero attached hydrogens (tertiary/aromatic N) is 1. The number of benzene rings is 1. The van der Waals surface area contributed by atoms with E-state index in [4.69, 9.17) is 4.74 Å². The van der Waals surface area contributed by atoms with Gasteiger partial charge in [0.25, 0.3) is 0 Å². The van der Waals surface area contributed by atoms with E-state index >= 15 is 0 Å². The van der Waals surface area contributed by atoms with Crippen LogP contribution in [0.25, 0.3) is 0 Å². The van der Waals surface area contributed by atoms with Crippen LogP contribution in [-0.2, 0) is 4.74 Å². The summed E-state index contributed by atoms with van der Waals surface area (Å²) in [5.74, 6) is 0.312. The third-order valence-electron chi connectivity index (χ3n) is 3.80. The molecule has 3 nitrogen and oxygen atoms in total. The van der Waals surface area contributed by atoms with Gasteiger partial charge in [-0.1, -0.05) is 12.1 Å². The van der Waals surface area contributed by atoms with Crippen molar-refractivity contribution in [1.82, 2.24) is 0 Å². The SMILES string of the molecule is COCC1CCN(c2c(F)cccc2[C@H](C)O)CC1. The monoisotopic (exact) mass is 267 g/mol. The molecule has 1 heterocycles. The van der Waals surface area contributed by atoms with Crippen molar-refractivity contribution in [3.8, 4) is 0 Å². The molecule has 1 aliphatic heterocycles. The number of hydrogen-bond donors (Lipinski definition) is 1. The molecule has 0 spiro atoms. The van der Waals surface area contributed by atoms with E-state index in [1.54, 1.807) is 26.2 Å². The van der Waals surface area contributed by atoms with E-state index in [2.05, 4.69) is 0 Å². The standard InChI is InChI=1S/C15H22FNO2/c1-11(18)13-4-3-5-14(16)15(13)17-8-6-12(7-9-17)10-19-2/h3-5,11-12,18H,6-10H2,1-2H3/t11-/m0/s1. The third kappa shape index (κ3) is 3.25. The van der Waals surface area contributed by atoms with E-state index in [-0.39, 0.29) is 5.82 Å². The first-order valence-corrected chi connectivity index (χ1v) is 6.83. The second kappa shape index (κ2) is 6.35. The summed E-state index contributed by atoms with van der Waals surface area (Å²) in [7, 11) is 1.72. The number of rotatable bonds is 4. The Kier molecular flexibility index (Phi) is 4.77. The molecule has 1 aromatic carbocycles. The molecule has 1 aromatic rings. The Morgan fingerprint density at radius 2 is 2.11 bits per heavy atom. The number of piperidine rings is 1. The van der Waals surface area contributed by atoms with Crippen LogP contribution in [0.2, 0.25) is 0 Å². The molecule has 1 fully saturated rings. The van der Waals surface area contributed by atoms with Crippen molar-refractivity contribution in [3.05, 3.63) is 29.6 Å². The molecule has 0 radical (unpaired) electrons. The molecule has 1 saturated heterocycles. The van der Waals surface area contributed by atoms with Crippen LogP contribution in [-0.4, -0.2) is 31.9 Å². The van der Waals surface area contributed by atoms with E-state index in [9.17, 15) is 9.50 Å². The van der Waals surface area contributed by atoms with Crippen molar-refractivity contribution in [2.45, 2.75) is 25.9 Å². The smallest absolute Gasteiger partial charge is 0.146 e. The average molecular weight is 267 g/mol. The summed E-state index contributed by atoms with van der Waals surface area (Å²) in [6.07, 6.45) is 1.35. The van der Waals surface area contributed by atoms with Gasteiger partial charge < -0.3 is 14.7 Å². The molecule has 1 N–H and O–H groups in total. The van der Waals surface area contributed by atoms with Crippen molar-refractivity contribution >= 4 is 5.69 Å². The molecule has 0 aromatic heterocycles. The van der Waals surface area contributed by atoms with Crippen molar-refractivity contribution in [3.63, 3.8) is 0 Å². The molecule has 0 unspecified atom stereocenters. The van der Waals surface area contributed by atoms with Crippen LogP contribution in [0.15, 0.2) is 18.2 Å². The van der Waals surface area contributed by atoms with Crippen molar-refractivity contribution < 1.29 is 14.2 Å². The van der Waals surface area contributed by atoms with Gasteiger partial charge in [-0.25, -0.2) is 4.39 Å². The number of methoxy groups -OCH3 is 1. The predicted molar refractivity (Wildman–Crippen MR) is 73.8 cm³/mol. The lowest BCUT2D eigenvalue weighted by molar-refractivity contribution is 0.138. The van der Waals surface area contributed by atoms with Gasteiger partial charge in [-0.05, 0) is 31.7 Å². The minimum Gasteiger partial charge on any atom is -0.389 e. The molecule has 19 heavy (non-hydrogen) atoms. The molecule has 0 saturated carbocycles. The van der Waals surface area contributed by atoms with Gasteiger partial charge in [0.1, 0.15) is 5.82 Å². The highest BCUT2D eigenvalue weighted by Crippen LogP contribution is 2.32. The largest absolute Gasteiger partial charge is 0.389 e. The quantitative estimate of drug-likeness (QED) is 0.910. The topological polar surface area (TPSA) is 32.7 Å². The van der Waals surface area contributed by atoms with Crippen LogP contribution in [0.4, 0.5) is 10.1 Å². The fraction of sp³-hybridized carbons (Fsp3) is 0.600. The van der Waals surface area contributed by atoms with Gasteiger partial charge in [0.2, 0.25) is 0 Å². The van der Waals surface area contributed by atoms with E-state index in [0.717, 1.165) is 32.5 Å². The zero-order valence-electron chi connectivity index (χ0n) is 11.6. The van der Waals surface area contributed by atoms with Gasteiger partial charge in [-0.3, -0.25) is 0 Å². The maximum absolute atomic E-state index is 14.1. The third-order valence-corrected chi connectivity index (χ3v) is 3.80. The number of aliphatic hydroxyl groups excluding tert-OH is 1. The number of para-hydroxylation sites is 1. The van der Waals surface area contributed by atoms with Gasteiger partial charge in [0.05, 0.1) is 11.8 Å². The molecular formula is C15H22FNO2. The van der Waals surface area contributed by atoms with Gasteiger partial charge in [-0.15, -0.1) is 0 Å². The zero-order chi connectivity index (χ0) is 13.8. The van der Waals surface area contributed by atoms with Crippen LogP contribution >= 0.6 is 0 Å². The van der Waals surface area contributed by atoms with Gasteiger partial charge in [0.15, 0.2) is 0 Å². The molecule has 0 aliphatic carbocycles. The summed E-state index contributed by atoms with van der Waals surface area (Å²) in [6, 6.07) is 4.91. The van der Waals surface area contributed by atoms with Gasteiger partial charge in [-0.2, -0.15) is 0 Å². The van der Waals surface area contributed by atoms with E-state index in [1.807, 2.05) is 4.90 Å². The molecule has 1 aliphatic rings. The van der Waals surface area contributed by atoms with Crippen LogP contribution in [0.3, 0.4) is 0 Å². The average Bonchev–Trinajstić information content (AvgIpc) is 2.40. The Balaban J connectivity index is 2.15. The summed E-state index contributed by atoms with van der Waals surface area (Å²) in [5.41, 5.74) is 1.23. The fourth-order valence-corrected chi connectivity index (χ4v) is 2.76. The minimum atomic E-state index is -0.651. The summed E-state index contributed by atoms with van der Waals surface area (Å²) < 4.78 is 19.2. The first-order chi connectivity index (χ1) is 9.13. The second-order valence-corrected chi connectivity index (χ2v) is 5.24. The number of ether oxygens (including phenoxy) is 1. The van der Waals surface area contributed by atoms with E-state index in [0.29, 0.717) is 17.2 Å². The zero-order valence-corrected chi connectivity index (χ0v) is 11.6. The highest BCUT2D eigenvalue weighted by Gasteiger charge is 2.24. The molecule has 2 rings (SSSR count). The molecule has 0 bridgehead atoms. The molecular weight excluding hydrogens is 245 g/mol. The summed E-state index contributed by atoms with van der Waals surface area (Å²) >= 11 is 0. The molecule has 4 heteroatoms. The molecule has 1 atom stereocenters. The van der Waals surface area contributed by atoms with Gasteiger partial charge >= 0.3 is 0 Å². The van der Waals surface area contributed by atoms with E-state index in [1.165, 1.54) is 6.07 Å².